The number of aromatic nitrogens is 4. The van der Waals surface area contributed by atoms with E-state index in [0.717, 1.165) is 0 Å². The topological polar surface area (TPSA) is 102 Å². The molecule has 0 spiro atoms. The summed E-state index contributed by atoms with van der Waals surface area (Å²) in [4.78, 5) is 23.1. The van der Waals surface area contributed by atoms with Crippen molar-refractivity contribution in [1.82, 2.24) is 30.8 Å². The fraction of sp³-hybridized carbons (Fsp3) is 0.727. The molecule has 0 aliphatic rings. The number of nitrogens with zero attached hydrogens (tertiary/aromatic N) is 4. The summed E-state index contributed by atoms with van der Waals surface area (Å²) in [6.07, 6.45) is 0. The van der Waals surface area contributed by atoms with Gasteiger partial charge in [0.15, 0.2) is 0 Å². The van der Waals surface area contributed by atoms with Crippen molar-refractivity contribution in [2.24, 2.45) is 5.92 Å². The Balaban J connectivity index is 2.57. The molecule has 0 bridgehead atoms. The first kappa shape index (κ1) is 16.4. The molecule has 0 saturated heterocycles. The van der Waals surface area contributed by atoms with Gasteiger partial charge in [0, 0.05) is 13.1 Å². The summed E-state index contributed by atoms with van der Waals surface area (Å²) in [5.41, 5.74) is 0. The molecule has 1 aromatic heterocycles. The van der Waals surface area contributed by atoms with Gasteiger partial charge >= 0.3 is 6.03 Å². The number of carbonyl (C=O) groups excluding carboxylic acids is 2. The van der Waals surface area contributed by atoms with Gasteiger partial charge in [0.1, 0.15) is 0 Å². The second-order valence-corrected chi connectivity index (χ2v) is 5.95. The van der Waals surface area contributed by atoms with E-state index in [4.69, 9.17) is 0 Å². The number of amides is 3. The highest BCUT2D eigenvalue weighted by molar-refractivity contribution is 8.00. The highest BCUT2D eigenvalue weighted by atomic mass is 32.2. The van der Waals surface area contributed by atoms with Crippen molar-refractivity contribution in [1.29, 1.82) is 0 Å². The number of imide groups is 1. The number of hydrogen-bond acceptors (Lipinski definition) is 6. The lowest BCUT2D eigenvalue weighted by atomic mass is 10.2. The molecule has 1 heterocycles. The Hall–Kier alpha value is -1.64. The highest BCUT2D eigenvalue weighted by Crippen LogP contribution is 2.20. The van der Waals surface area contributed by atoms with E-state index < -0.39 is 11.3 Å². The minimum Gasteiger partial charge on any atom is -0.338 e. The quantitative estimate of drug-likeness (QED) is 0.748. The van der Waals surface area contributed by atoms with Crippen LogP contribution in [0.1, 0.15) is 27.7 Å². The summed E-state index contributed by atoms with van der Waals surface area (Å²) in [7, 11) is 0. The van der Waals surface area contributed by atoms with Crippen LogP contribution in [0, 0.1) is 5.92 Å². The second-order valence-electron chi connectivity index (χ2n) is 4.65. The largest absolute Gasteiger partial charge is 0.338 e. The molecular formula is C11H20N6O2S. The van der Waals surface area contributed by atoms with Crippen LogP contribution < -0.4 is 10.6 Å². The molecule has 1 rings (SSSR count). The van der Waals surface area contributed by atoms with Crippen molar-refractivity contribution in [3.8, 4) is 0 Å². The third-order valence-corrected chi connectivity index (χ3v) is 3.33. The Morgan fingerprint density at radius 3 is 2.65 bits per heavy atom. The highest BCUT2D eigenvalue weighted by Gasteiger charge is 2.20. The zero-order valence-corrected chi connectivity index (χ0v) is 12.9. The van der Waals surface area contributed by atoms with Crippen molar-refractivity contribution in [2.45, 2.75) is 44.6 Å². The van der Waals surface area contributed by atoms with Crippen molar-refractivity contribution < 1.29 is 9.59 Å². The molecule has 2 N–H and O–H groups in total. The molecule has 112 valence electrons. The number of thioether (sulfide) groups is 1. The van der Waals surface area contributed by atoms with Gasteiger partial charge in [-0.3, -0.25) is 10.1 Å². The van der Waals surface area contributed by atoms with E-state index in [2.05, 4.69) is 40.0 Å². The summed E-state index contributed by atoms with van der Waals surface area (Å²) in [5, 5.41) is 16.3. The summed E-state index contributed by atoms with van der Waals surface area (Å²) in [6, 6.07) is -0.494. The van der Waals surface area contributed by atoms with Gasteiger partial charge in [-0.05, 0) is 30.2 Å². The normalized spacial score (nSPS) is 12.2. The predicted octanol–water partition coefficient (Wildman–Crippen LogP) is 0.655. The van der Waals surface area contributed by atoms with E-state index in [-0.39, 0.29) is 5.91 Å². The molecule has 1 unspecified atom stereocenters. The molecule has 0 saturated carbocycles. The standard InChI is InChI=1S/C11H20N6O2S/c1-5-12-10(19)13-9(18)8(4)20-11-14-15-16-17(11)6-7(2)3/h7-8H,5-6H2,1-4H3,(H2,12,13,18,19). The minimum absolute atomic E-state index is 0.375. The van der Waals surface area contributed by atoms with Gasteiger partial charge in [0.25, 0.3) is 0 Å². The lowest BCUT2D eigenvalue weighted by molar-refractivity contribution is -0.119. The average molecular weight is 300 g/mol. The second kappa shape index (κ2) is 7.83. The van der Waals surface area contributed by atoms with Crippen LogP contribution in [-0.4, -0.2) is 43.9 Å². The van der Waals surface area contributed by atoms with Crippen molar-refractivity contribution in [3.05, 3.63) is 0 Å². The number of urea groups is 1. The van der Waals surface area contributed by atoms with Crippen LogP contribution in [-0.2, 0) is 11.3 Å². The first-order chi connectivity index (χ1) is 9.43. The van der Waals surface area contributed by atoms with Gasteiger partial charge in [0.05, 0.1) is 5.25 Å². The summed E-state index contributed by atoms with van der Waals surface area (Å²) in [6.45, 7) is 8.74. The first-order valence-corrected chi connectivity index (χ1v) is 7.33. The number of carbonyl (C=O) groups is 2. The molecule has 20 heavy (non-hydrogen) atoms. The Kier molecular flexibility index (Phi) is 6.43. The molecule has 0 fully saturated rings. The van der Waals surface area contributed by atoms with E-state index in [0.29, 0.717) is 24.2 Å². The van der Waals surface area contributed by atoms with E-state index in [1.54, 1.807) is 18.5 Å². The van der Waals surface area contributed by atoms with Crippen LogP contribution in [0.4, 0.5) is 4.79 Å². The van der Waals surface area contributed by atoms with Gasteiger partial charge in [-0.15, -0.1) is 5.10 Å². The number of nitrogens with one attached hydrogen (secondary N) is 2. The third kappa shape index (κ3) is 5.16. The smallest absolute Gasteiger partial charge is 0.321 e. The van der Waals surface area contributed by atoms with E-state index >= 15 is 0 Å². The van der Waals surface area contributed by atoms with E-state index in [1.807, 2.05) is 0 Å². The maximum atomic E-state index is 11.8. The molecule has 1 atom stereocenters. The van der Waals surface area contributed by atoms with Crippen molar-refractivity contribution in [3.63, 3.8) is 0 Å². The molecule has 0 aromatic carbocycles. The number of hydrogen-bond donors (Lipinski definition) is 2. The number of tetrazole rings is 1. The molecule has 8 nitrogen and oxygen atoms in total. The van der Waals surface area contributed by atoms with Gasteiger partial charge in [-0.1, -0.05) is 25.6 Å². The maximum Gasteiger partial charge on any atom is 0.321 e. The molecule has 1 aromatic rings. The predicted molar refractivity (Wildman–Crippen MR) is 75.2 cm³/mol. The molecule has 0 aliphatic carbocycles. The molecule has 0 aliphatic heterocycles. The molecule has 0 radical (unpaired) electrons. The Bertz CT molecular complexity index is 462. The Labute approximate surface area is 122 Å². The lowest BCUT2D eigenvalue weighted by Gasteiger charge is -2.11. The van der Waals surface area contributed by atoms with Crippen LogP contribution in [0.5, 0.6) is 0 Å². The minimum atomic E-state index is -0.494. The van der Waals surface area contributed by atoms with Crippen LogP contribution >= 0.6 is 11.8 Å². The molecular weight excluding hydrogens is 280 g/mol. The summed E-state index contributed by atoms with van der Waals surface area (Å²) < 4.78 is 1.66. The summed E-state index contributed by atoms with van der Waals surface area (Å²) >= 11 is 1.22. The monoisotopic (exact) mass is 300 g/mol. The van der Waals surface area contributed by atoms with Crippen molar-refractivity contribution in [2.75, 3.05) is 6.54 Å². The maximum absolute atomic E-state index is 11.8. The Morgan fingerprint density at radius 2 is 2.05 bits per heavy atom. The van der Waals surface area contributed by atoms with Gasteiger partial charge in [-0.25, -0.2) is 9.48 Å². The summed E-state index contributed by atoms with van der Waals surface area (Å²) in [5.74, 6) is 0.0253. The van der Waals surface area contributed by atoms with E-state index in [9.17, 15) is 9.59 Å². The van der Waals surface area contributed by atoms with Gasteiger partial charge in [-0.2, -0.15) is 0 Å². The van der Waals surface area contributed by atoms with E-state index in [1.165, 1.54) is 11.8 Å². The molecule has 3 amide bonds. The zero-order valence-electron chi connectivity index (χ0n) is 12.1. The van der Waals surface area contributed by atoms with Crippen LogP contribution in [0.3, 0.4) is 0 Å². The average Bonchev–Trinajstić information content (AvgIpc) is 2.75. The van der Waals surface area contributed by atoms with Crippen LogP contribution in [0.25, 0.3) is 0 Å². The van der Waals surface area contributed by atoms with Gasteiger partial charge < -0.3 is 5.32 Å². The fourth-order valence-electron chi connectivity index (χ4n) is 1.37. The SMILES string of the molecule is CCNC(=O)NC(=O)C(C)Sc1nnnn1CC(C)C. The Morgan fingerprint density at radius 1 is 1.35 bits per heavy atom. The van der Waals surface area contributed by atoms with Crippen LogP contribution in [0.15, 0.2) is 5.16 Å². The van der Waals surface area contributed by atoms with Crippen molar-refractivity contribution >= 4 is 23.7 Å². The number of rotatable bonds is 6. The lowest BCUT2D eigenvalue weighted by Crippen LogP contribution is -2.42. The zero-order chi connectivity index (χ0) is 15.1. The third-order valence-electron chi connectivity index (χ3n) is 2.26. The van der Waals surface area contributed by atoms with Gasteiger partial charge in [0.2, 0.25) is 11.1 Å². The fourth-order valence-corrected chi connectivity index (χ4v) is 2.17. The molecule has 9 heteroatoms. The first-order valence-electron chi connectivity index (χ1n) is 6.45. The van der Waals surface area contributed by atoms with Crippen LogP contribution in [0.2, 0.25) is 0 Å².